The van der Waals surface area contributed by atoms with E-state index in [1.54, 1.807) is 0 Å². The standard InChI is InChI=1S/C13H17NO/c1-10(2)9-14-8-7-13(15)11-5-3-4-6-12(11)14/h3-6,13,15H,1,7-9H2,2H3. The van der Waals surface area contributed by atoms with E-state index in [9.17, 15) is 5.11 Å². The first kappa shape index (κ1) is 10.2. The molecular formula is C13H17NO. The second-order valence-corrected chi connectivity index (χ2v) is 4.24. The maximum Gasteiger partial charge on any atom is 0.0826 e. The maximum absolute atomic E-state index is 9.86. The Balaban J connectivity index is 2.31. The molecule has 80 valence electrons. The number of hydrogen-bond acceptors (Lipinski definition) is 2. The smallest absolute Gasteiger partial charge is 0.0826 e. The summed E-state index contributed by atoms with van der Waals surface area (Å²) in [6, 6.07) is 8.07. The van der Waals surface area contributed by atoms with E-state index in [0.717, 1.165) is 36.3 Å². The van der Waals surface area contributed by atoms with Crippen LogP contribution in [0.5, 0.6) is 0 Å². The molecule has 0 saturated heterocycles. The molecule has 0 radical (unpaired) electrons. The van der Waals surface area contributed by atoms with Gasteiger partial charge in [-0.15, -0.1) is 0 Å². The van der Waals surface area contributed by atoms with Gasteiger partial charge < -0.3 is 10.0 Å². The highest BCUT2D eigenvalue weighted by atomic mass is 16.3. The predicted octanol–water partition coefficient (Wildman–Crippen LogP) is 2.51. The monoisotopic (exact) mass is 203 g/mol. The Morgan fingerprint density at radius 3 is 3.00 bits per heavy atom. The molecule has 1 aromatic rings. The lowest BCUT2D eigenvalue weighted by atomic mass is 9.98. The van der Waals surface area contributed by atoms with Crippen LogP contribution in [-0.2, 0) is 0 Å². The fraction of sp³-hybridized carbons (Fsp3) is 0.385. The van der Waals surface area contributed by atoms with Gasteiger partial charge in [-0.1, -0.05) is 30.4 Å². The van der Waals surface area contributed by atoms with Gasteiger partial charge in [0.15, 0.2) is 0 Å². The lowest BCUT2D eigenvalue weighted by molar-refractivity contribution is 0.164. The van der Waals surface area contributed by atoms with Gasteiger partial charge in [0.05, 0.1) is 6.10 Å². The molecule has 0 spiro atoms. The number of para-hydroxylation sites is 1. The first-order chi connectivity index (χ1) is 7.18. The summed E-state index contributed by atoms with van der Waals surface area (Å²) >= 11 is 0. The van der Waals surface area contributed by atoms with Gasteiger partial charge in [0.25, 0.3) is 0 Å². The summed E-state index contributed by atoms with van der Waals surface area (Å²) in [5, 5.41) is 9.86. The van der Waals surface area contributed by atoms with Crippen LogP contribution >= 0.6 is 0 Å². The van der Waals surface area contributed by atoms with Crippen LogP contribution in [0.4, 0.5) is 5.69 Å². The second-order valence-electron chi connectivity index (χ2n) is 4.24. The Morgan fingerprint density at radius 1 is 1.53 bits per heavy atom. The predicted molar refractivity (Wildman–Crippen MR) is 63.0 cm³/mol. The van der Waals surface area contributed by atoms with Crippen LogP contribution in [0.3, 0.4) is 0 Å². The van der Waals surface area contributed by atoms with Crippen molar-refractivity contribution in [3.63, 3.8) is 0 Å². The Bertz CT molecular complexity index is 373. The molecule has 1 atom stereocenters. The minimum absolute atomic E-state index is 0.303. The number of aliphatic hydroxyl groups is 1. The van der Waals surface area contributed by atoms with Crippen LogP contribution in [-0.4, -0.2) is 18.2 Å². The first-order valence-electron chi connectivity index (χ1n) is 5.35. The van der Waals surface area contributed by atoms with E-state index < -0.39 is 0 Å². The number of fused-ring (bicyclic) bond motifs is 1. The number of anilines is 1. The lowest BCUT2D eigenvalue weighted by Crippen LogP contribution is -2.32. The van der Waals surface area contributed by atoms with E-state index in [1.165, 1.54) is 0 Å². The Hall–Kier alpha value is -1.28. The van der Waals surface area contributed by atoms with Crippen LogP contribution in [0.1, 0.15) is 25.0 Å². The molecule has 0 amide bonds. The average molecular weight is 203 g/mol. The van der Waals surface area contributed by atoms with E-state index in [1.807, 2.05) is 25.1 Å². The number of rotatable bonds is 2. The van der Waals surface area contributed by atoms with E-state index >= 15 is 0 Å². The van der Waals surface area contributed by atoms with Crippen molar-refractivity contribution in [1.82, 2.24) is 0 Å². The van der Waals surface area contributed by atoms with E-state index in [0.29, 0.717) is 0 Å². The number of aliphatic hydroxyl groups excluding tert-OH is 1. The summed E-state index contributed by atoms with van der Waals surface area (Å²) in [6.07, 6.45) is 0.507. The quantitative estimate of drug-likeness (QED) is 0.746. The summed E-state index contributed by atoms with van der Waals surface area (Å²) < 4.78 is 0. The van der Waals surface area contributed by atoms with Crippen molar-refractivity contribution >= 4 is 5.69 Å². The van der Waals surface area contributed by atoms with E-state index in [4.69, 9.17) is 0 Å². The average Bonchev–Trinajstić information content (AvgIpc) is 2.22. The van der Waals surface area contributed by atoms with Gasteiger partial charge in [0, 0.05) is 24.3 Å². The molecule has 2 nitrogen and oxygen atoms in total. The van der Waals surface area contributed by atoms with Crippen LogP contribution < -0.4 is 4.90 Å². The molecule has 0 fully saturated rings. The fourth-order valence-corrected chi connectivity index (χ4v) is 2.10. The van der Waals surface area contributed by atoms with Crippen molar-refractivity contribution < 1.29 is 5.11 Å². The van der Waals surface area contributed by atoms with Crippen molar-refractivity contribution in [2.24, 2.45) is 0 Å². The lowest BCUT2D eigenvalue weighted by Gasteiger charge is -2.33. The molecule has 1 unspecified atom stereocenters. The SMILES string of the molecule is C=C(C)CN1CCC(O)c2ccccc21. The molecule has 2 heteroatoms. The molecule has 1 heterocycles. The molecule has 1 aliphatic heterocycles. The van der Waals surface area contributed by atoms with Crippen molar-refractivity contribution in [2.45, 2.75) is 19.4 Å². The summed E-state index contributed by atoms with van der Waals surface area (Å²) in [5.74, 6) is 0. The molecule has 2 rings (SSSR count). The summed E-state index contributed by atoms with van der Waals surface area (Å²) in [5.41, 5.74) is 3.35. The van der Waals surface area contributed by atoms with Crippen molar-refractivity contribution in [3.8, 4) is 0 Å². The zero-order chi connectivity index (χ0) is 10.8. The molecule has 0 bridgehead atoms. The second kappa shape index (κ2) is 4.07. The third-order valence-electron chi connectivity index (χ3n) is 2.77. The van der Waals surface area contributed by atoms with Gasteiger partial charge in [0.2, 0.25) is 0 Å². The largest absolute Gasteiger partial charge is 0.388 e. The van der Waals surface area contributed by atoms with Gasteiger partial charge in [-0.2, -0.15) is 0 Å². The number of benzene rings is 1. The van der Waals surface area contributed by atoms with Crippen LogP contribution in [0.15, 0.2) is 36.4 Å². The molecule has 15 heavy (non-hydrogen) atoms. The molecule has 1 N–H and O–H groups in total. The maximum atomic E-state index is 9.86. The van der Waals surface area contributed by atoms with Crippen LogP contribution in [0.25, 0.3) is 0 Å². The Kier molecular flexibility index (Phi) is 2.78. The fourth-order valence-electron chi connectivity index (χ4n) is 2.10. The molecule has 1 aromatic carbocycles. The van der Waals surface area contributed by atoms with Crippen LogP contribution in [0, 0.1) is 0 Å². The summed E-state index contributed by atoms with van der Waals surface area (Å²) in [7, 11) is 0. The summed E-state index contributed by atoms with van der Waals surface area (Å²) in [4.78, 5) is 2.28. The Morgan fingerprint density at radius 2 is 2.27 bits per heavy atom. The van der Waals surface area contributed by atoms with Crippen molar-refractivity contribution in [2.75, 3.05) is 18.0 Å². The van der Waals surface area contributed by atoms with Crippen molar-refractivity contribution in [1.29, 1.82) is 0 Å². The number of hydrogen-bond donors (Lipinski definition) is 1. The topological polar surface area (TPSA) is 23.5 Å². The zero-order valence-electron chi connectivity index (χ0n) is 9.11. The van der Waals surface area contributed by atoms with Gasteiger partial charge in [-0.25, -0.2) is 0 Å². The molecule has 0 saturated carbocycles. The molecule has 1 aliphatic rings. The Labute approximate surface area is 90.8 Å². The van der Waals surface area contributed by atoms with Crippen molar-refractivity contribution in [3.05, 3.63) is 42.0 Å². The van der Waals surface area contributed by atoms with Gasteiger partial charge >= 0.3 is 0 Å². The zero-order valence-corrected chi connectivity index (χ0v) is 9.11. The van der Waals surface area contributed by atoms with E-state index in [-0.39, 0.29) is 6.10 Å². The van der Waals surface area contributed by atoms with E-state index in [2.05, 4.69) is 17.5 Å². The minimum atomic E-state index is -0.303. The molecule has 0 aromatic heterocycles. The summed E-state index contributed by atoms with van der Waals surface area (Å²) in [6.45, 7) is 7.76. The highest BCUT2D eigenvalue weighted by Gasteiger charge is 2.22. The van der Waals surface area contributed by atoms with Gasteiger partial charge in [-0.05, 0) is 19.4 Å². The highest BCUT2D eigenvalue weighted by Crippen LogP contribution is 2.33. The van der Waals surface area contributed by atoms with Gasteiger partial charge in [0.1, 0.15) is 0 Å². The number of nitrogens with zero attached hydrogens (tertiary/aromatic N) is 1. The minimum Gasteiger partial charge on any atom is -0.388 e. The normalized spacial score (nSPS) is 19.9. The first-order valence-corrected chi connectivity index (χ1v) is 5.35. The third-order valence-corrected chi connectivity index (χ3v) is 2.77. The third kappa shape index (κ3) is 2.05. The van der Waals surface area contributed by atoms with Gasteiger partial charge in [-0.3, -0.25) is 0 Å². The molecular weight excluding hydrogens is 186 g/mol. The molecule has 0 aliphatic carbocycles. The van der Waals surface area contributed by atoms with Crippen LogP contribution in [0.2, 0.25) is 0 Å². The highest BCUT2D eigenvalue weighted by molar-refractivity contribution is 5.57.